The lowest BCUT2D eigenvalue weighted by Crippen LogP contribution is -2.05. The summed E-state index contributed by atoms with van der Waals surface area (Å²) in [6.45, 7) is 4.88. The van der Waals surface area contributed by atoms with Gasteiger partial charge in [0.1, 0.15) is 5.75 Å². The Kier molecular flexibility index (Phi) is 6.53. The Morgan fingerprint density at radius 1 is 1.09 bits per heavy atom. The van der Waals surface area contributed by atoms with E-state index in [1.807, 2.05) is 48.5 Å². The fourth-order valence-corrected chi connectivity index (χ4v) is 2.94. The van der Waals surface area contributed by atoms with Crippen molar-refractivity contribution in [1.29, 1.82) is 0 Å². The lowest BCUT2D eigenvalue weighted by molar-refractivity contribution is 0.102. The van der Waals surface area contributed by atoms with Crippen LogP contribution in [0, 0.1) is 0 Å². The molecule has 0 aliphatic rings. The molecule has 2 nitrogen and oxygen atoms in total. The number of carbonyl (C=O) groups excluding carboxylic acids is 1. The average molecular weight is 314 g/mol. The van der Waals surface area contributed by atoms with E-state index in [1.54, 1.807) is 11.8 Å². The minimum atomic E-state index is 0.158. The Bertz CT molecular complexity index is 608. The van der Waals surface area contributed by atoms with E-state index in [4.69, 9.17) is 4.74 Å². The first-order chi connectivity index (χ1) is 10.7. The van der Waals surface area contributed by atoms with Crippen LogP contribution < -0.4 is 4.74 Å². The standard InChI is InChI=1S/C19H22O2S/c1-3-12-21-19-11-10-16(13-15(19)4-2)18(20)14-22-17-8-6-5-7-9-17/h5-11,13H,3-4,12,14H2,1-2H3. The number of thioether (sulfide) groups is 1. The molecule has 0 radical (unpaired) electrons. The van der Waals surface area contributed by atoms with E-state index in [1.165, 1.54) is 0 Å². The van der Waals surface area contributed by atoms with Crippen molar-refractivity contribution >= 4 is 17.5 Å². The number of hydrogen-bond donors (Lipinski definition) is 0. The number of ether oxygens (including phenoxy) is 1. The molecule has 0 amide bonds. The van der Waals surface area contributed by atoms with Gasteiger partial charge in [-0.05, 0) is 48.7 Å². The summed E-state index contributed by atoms with van der Waals surface area (Å²) in [5.41, 5.74) is 1.87. The van der Waals surface area contributed by atoms with Crippen LogP contribution in [0.2, 0.25) is 0 Å². The zero-order valence-electron chi connectivity index (χ0n) is 13.2. The second-order valence-electron chi connectivity index (χ2n) is 5.05. The summed E-state index contributed by atoms with van der Waals surface area (Å²) < 4.78 is 5.72. The molecule has 22 heavy (non-hydrogen) atoms. The molecule has 0 aliphatic carbocycles. The minimum absolute atomic E-state index is 0.158. The molecule has 0 N–H and O–H groups in total. The minimum Gasteiger partial charge on any atom is -0.493 e. The highest BCUT2D eigenvalue weighted by molar-refractivity contribution is 8.00. The van der Waals surface area contributed by atoms with Crippen LogP contribution in [0.4, 0.5) is 0 Å². The van der Waals surface area contributed by atoms with Crippen LogP contribution in [-0.2, 0) is 6.42 Å². The number of ketones is 1. The van der Waals surface area contributed by atoms with Crippen LogP contribution in [0.3, 0.4) is 0 Å². The Labute approximate surface area is 136 Å². The molecule has 0 spiro atoms. The van der Waals surface area contributed by atoms with Gasteiger partial charge in [0.15, 0.2) is 5.78 Å². The molecule has 2 aromatic carbocycles. The summed E-state index contributed by atoms with van der Waals surface area (Å²) in [5.74, 6) is 1.52. The second-order valence-corrected chi connectivity index (χ2v) is 6.10. The van der Waals surface area contributed by atoms with E-state index in [0.29, 0.717) is 12.4 Å². The average Bonchev–Trinajstić information content (AvgIpc) is 2.58. The molecule has 2 aromatic rings. The summed E-state index contributed by atoms with van der Waals surface area (Å²) >= 11 is 1.57. The van der Waals surface area contributed by atoms with Crippen LogP contribution in [0.15, 0.2) is 53.4 Å². The van der Waals surface area contributed by atoms with E-state index >= 15 is 0 Å². The van der Waals surface area contributed by atoms with Gasteiger partial charge in [-0.25, -0.2) is 0 Å². The predicted molar refractivity (Wildman–Crippen MR) is 93.1 cm³/mol. The zero-order valence-corrected chi connectivity index (χ0v) is 14.0. The molecule has 0 saturated carbocycles. The van der Waals surface area contributed by atoms with Gasteiger partial charge in [-0.3, -0.25) is 4.79 Å². The summed E-state index contributed by atoms with van der Waals surface area (Å²) in [6, 6.07) is 15.8. The molecular formula is C19H22O2S. The smallest absolute Gasteiger partial charge is 0.173 e. The topological polar surface area (TPSA) is 26.3 Å². The van der Waals surface area contributed by atoms with Crippen LogP contribution in [0.25, 0.3) is 0 Å². The molecule has 0 atom stereocenters. The molecule has 3 heteroatoms. The third kappa shape index (κ3) is 4.63. The number of benzene rings is 2. The van der Waals surface area contributed by atoms with Gasteiger partial charge in [0.2, 0.25) is 0 Å². The number of aryl methyl sites for hydroxylation is 1. The van der Waals surface area contributed by atoms with Gasteiger partial charge in [-0.15, -0.1) is 11.8 Å². The van der Waals surface area contributed by atoms with Gasteiger partial charge in [0.25, 0.3) is 0 Å². The lowest BCUT2D eigenvalue weighted by Gasteiger charge is -2.11. The van der Waals surface area contributed by atoms with Crippen molar-refractivity contribution in [2.75, 3.05) is 12.4 Å². The summed E-state index contributed by atoms with van der Waals surface area (Å²) in [5, 5.41) is 0. The van der Waals surface area contributed by atoms with Crippen molar-refractivity contribution < 1.29 is 9.53 Å². The molecule has 0 saturated heterocycles. The number of hydrogen-bond acceptors (Lipinski definition) is 3. The van der Waals surface area contributed by atoms with Crippen molar-refractivity contribution in [1.82, 2.24) is 0 Å². The van der Waals surface area contributed by atoms with E-state index in [-0.39, 0.29) is 5.78 Å². The maximum absolute atomic E-state index is 12.3. The zero-order chi connectivity index (χ0) is 15.8. The Hall–Kier alpha value is -1.74. The molecule has 0 heterocycles. The SMILES string of the molecule is CCCOc1ccc(C(=O)CSc2ccccc2)cc1CC. The Morgan fingerprint density at radius 2 is 1.86 bits per heavy atom. The predicted octanol–water partition coefficient (Wildman–Crippen LogP) is 5.01. The van der Waals surface area contributed by atoms with Crippen molar-refractivity contribution in [3.8, 4) is 5.75 Å². The van der Waals surface area contributed by atoms with Crippen LogP contribution in [0.1, 0.15) is 36.2 Å². The van der Waals surface area contributed by atoms with Gasteiger partial charge >= 0.3 is 0 Å². The highest BCUT2D eigenvalue weighted by Gasteiger charge is 2.10. The van der Waals surface area contributed by atoms with Crippen molar-refractivity contribution in [2.24, 2.45) is 0 Å². The van der Waals surface area contributed by atoms with Crippen LogP contribution in [-0.4, -0.2) is 18.1 Å². The second kappa shape index (κ2) is 8.64. The highest BCUT2D eigenvalue weighted by Crippen LogP contribution is 2.23. The number of carbonyl (C=O) groups is 1. The molecule has 0 fully saturated rings. The first kappa shape index (κ1) is 16.6. The largest absolute Gasteiger partial charge is 0.493 e. The fraction of sp³-hybridized carbons (Fsp3) is 0.316. The van der Waals surface area contributed by atoms with Gasteiger partial charge in [0, 0.05) is 10.5 Å². The monoisotopic (exact) mass is 314 g/mol. The molecule has 0 unspecified atom stereocenters. The highest BCUT2D eigenvalue weighted by atomic mass is 32.2. The summed E-state index contributed by atoms with van der Waals surface area (Å²) in [7, 11) is 0. The lowest BCUT2D eigenvalue weighted by atomic mass is 10.1. The summed E-state index contributed by atoms with van der Waals surface area (Å²) in [4.78, 5) is 13.5. The maximum atomic E-state index is 12.3. The number of rotatable bonds is 8. The molecule has 2 rings (SSSR count). The molecule has 0 aliphatic heterocycles. The quantitative estimate of drug-likeness (QED) is 0.506. The van der Waals surface area contributed by atoms with Crippen molar-refractivity contribution in [3.05, 3.63) is 59.7 Å². The van der Waals surface area contributed by atoms with Crippen LogP contribution >= 0.6 is 11.8 Å². The Balaban J connectivity index is 2.03. The molecule has 0 bridgehead atoms. The van der Waals surface area contributed by atoms with Gasteiger partial charge in [-0.2, -0.15) is 0 Å². The van der Waals surface area contributed by atoms with Crippen LogP contribution in [0.5, 0.6) is 5.75 Å². The first-order valence-corrected chi connectivity index (χ1v) is 8.70. The first-order valence-electron chi connectivity index (χ1n) is 7.71. The van der Waals surface area contributed by atoms with E-state index in [0.717, 1.165) is 34.6 Å². The molecule has 0 aromatic heterocycles. The van der Waals surface area contributed by atoms with E-state index in [2.05, 4.69) is 13.8 Å². The summed E-state index contributed by atoms with van der Waals surface area (Å²) in [6.07, 6.45) is 1.85. The third-order valence-corrected chi connectivity index (χ3v) is 4.35. The van der Waals surface area contributed by atoms with Gasteiger partial charge in [0.05, 0.1) is 12.4 Å². The Morgan fingerprint density at radius 3 is 2.55 bits per heavy atom. The molecular weight excluding hydrogens is 292 g/mol. The normalized spacial score (nSPS) is 10.5. The van der Waals surface area contributed by atoms with Crippen molar-refractivity contribution in [2.45, 2.75) is 31.6 Å². The van der Waals surface area contributed by atoms with Gasteiger partial charge in [-0.1, -0.05) is 32.0 Å². The van der Waals surface area contributed by atoms with E-state index in [9.17, 15) is 4.79 Å². The van der Waals surface area contributed by atoms with Crippen molar-refractivity contribution in [3.63, 3.8) is 0 Å². The van der Waals surface area contributed by atoms with E-state index < -0.39 is 0 Å². The number of Topliss-reactive ketones (excluding diaryl/α,β-unsaturated/α-hetero) is 1. The molecule has 116 valence electrons. The van der Waals surface area contributed by atoms with Gasteiger partial charge < -0.3 is 4.74 Å². The maximum Gasteiger partial charge on any atom is 0.173 e. The third-order valence-electron chi connectivity index (χ3n) is 3.34. The fourth-order valence-electron chi connectivity index (χ4n) is 2.13.